The van der Waals surface area contributed by atoms with Gasteiger partial charge in [0.1, 0.15) is 6.04 Å². The van der Waals surface area contributed by atoms with Crippen LogP contribution < -0.4 is 5.73 Å². The summed E-state index contributed by atoms with van der Waals surface area (Å²) in [4.78, 5) is 12.9. The number of nitrogens with zero attached hydrogens (tertiary/aromatic N) is 1. The van der Waals surface area contributed by atoms with Gasteiger partial charge in [-0.25, -0.2) is 0 Å². The minimum absolute atomic E-state index is 0.518. The van der Waals surface area contributed by atoms with E-state index in [1.165, 1.54) is 0 Å². The Labute approximate surface area is 97.2 Å². The monoisotopic (exact) mass is 260 g/mol. The van der Waals surface area contributed by atoms with Crippen LogP contribution in [0.3, 0.4) is 0 Å². The maximum absolute atomic E-state index is 11.1. The number of hydrogen-bond acceptors (Lipinski definition) is 3. The molecule has 0 aliphatic carbocycles. The highest BCUT2D eigenvalue weighted by Crippen LogP contribution is 2.33. The van der Waals surface area contributed by atoms with E-state index >= 15 is 0 Å². The first kappa shape index (κ1) is 12.3. The van der Waals surface area contributed by atoms with E-state index in [1.807, 2.05) is 0 Å². The van der Waals surface area contributed by atoms with Crippen LogP contribution in [0.15, 0.2) is 0 Å². The third-order valence-corrected chi connectivity index (χ3v) is 2.61. The van der Waals surface area contributed by atoms with Crippen molar-refractivity contribution in [2.75, 3.05) is 26.3 Å². The summed E-state index contributed by atoms with van der Waals surface area (Å²) >= 11 is 17.0. The maximum atomic E-state index is 11.1. The van der Waals surface area contributed by atoms with Crippen molar-refractivity contribution in [3.8, 4) is 0 Å². The standard InChI is InChI=1S/C7H11Cl3N2O2/c8-7(9,10)5(6(11)13)12-1-3-14-4-2-12/h5H,1-4H2,(H2,11,13). The third-order valence-electron chi connectivity index (χ3n) is 1.99. The molecule has 0 saturated carbocycles. The van der Waals surface area contributed by atoms with Gasteiger partial charge in [-0.15, -0.1) is 0 Å². The van der Waals surface area contributed by atoms with Crippen molar-refractivity contribution in [3.63, 3.8) is 0 Å². The fourth-order valence-corrected chi connectivity index (χ4v) is 2.12. The molecule has 1 atom stereocenters. The minimum Gasteiger partial charge on any atom is -0.379 e. The Bertz CT molecular complexity index is 213. The molecule has 1 aliphatic heterocycles. The average molecular weight is 262 g/mol. The zero-order chi connectivity index (χ0) is 10.8. The highest BCUT2D eigenvalue weighted by atomic mass is 35.6. The van der Waals surface area contributed by atoms with Crippen molar-refractivity contribution in [1.82, 2.24) is 4.90 Å². The van der Waals surface area contributed by atoms with Crippen LogP contribution >= 0.6 is 34.8 Å². The van der Waals surface area contributed by atoms with Crippen molar-refractivity contribution in [2.45, 2.75) is 9.83 Å². The van der Waals surface area contributed by atoms with Gasteiger partial charge in [0.15, 0.2) is 0 Å². The number of halogens is 3. The molecule has 82 valence electrons. The number of morpholine rings is 1. The molecule has 7 heteroatoms. The Kier molecular flexibility index (Phi) is 4.28. The van der Waals surface area contributed by atoms with Crippen LogP contribution in [0.25, 0.3) is 0 Å². The zero-order valence-electron chi connectivity index (χ0n) is 7.38. The van der Waals surface area contributed by atoms with E-state index in [0.29, 0.717) is 26.3 Å². The number of alkyl halides is 3. The highest BCUT2D eigenvalue weighted by molar-refractivity contribution is 6.69. The van der Waals surface area contributed by atoms with Crippen LogP contribution in [0.4, 0.5) is 0 Å². The molecule has 14 heavy (non-hydrogen) atoms. The first-order valence-corrected chi connectivity index (χ1v) is 5.24. The van der Waals surface area contributed by atoms with E-state index in [1.54, 1.807) is 4.90 Å². The van der Waals surface area contributed by atoms with Crippen molar-refractivity contribution in [3.05, 3.63) is 0 Å². The quantitative estimate of drug-likeness (QED) is 0.738. The van der Waals surface area contributed by atoms with Crippen LogP contribution in [0.2, 0.25) is 0 Å². The van der Waals surface area contributed by atoms with E-state index in [0.717, 1.165) is 0 Å². The summed E-state index contributed by atoms with van der Waals surface area (Å²) < 4.78 is 3.43. The normalized spacial score (nSPS) is 21.9. The van der Waals surface area contributed by atoms with Gasteiger partial charge in [-0.1, -0.05) is 34.8 Å². The molecule has 0 spiro atoms. The first-order valence-electron chi connectivity index (χ1n) is 4.11. The molecule has 4 nitrogen and oxygen atoms in total. The number of amides is 1. The Morgan fingerprint density at radius 1 is 1.36 bits per heavy atom. The zero-order valence-corrected chi connectivity index (χ0v) is 9.65. The smallest absolute Gasteiger partial charge is 0.239 e. The lowest BCUT2D eigenvalue weighted by Gasteiger charge is -2.35. The molecule has 0 aromatic rings. The van der Waals surface area contributed by atoms with Crippen molar-refractivity contribution in [2.24, 2.45) is 5.73 Å². The van der Waals surface area contributed by atoms with Crippen molar-refractivity contribution < 1.29 is 9.53 Å². The molecule has 1 fully saturated rings. The first-order chi connectivity index (χ1) is 6.43. The van der Waals surface area contributed by atoms with Crippen molar-refractivity contribution >= 4 is 40.7 Å². The van der Waals surface area contributed by atoms with E-state index in [-0.39, 0.29) is 0 Å². The second-order valence-electron chi connectivity index (χ2n) is 2.99. The lowest BCUT2D eigenvalue weighted by atomic mass is 10.2. The summed E-state index contributed by atoms with van der Waals surface area (Å²) in [6, 6.07) is -0.892. The van der Waals surface area contributed by atoms with Crippen LogP contribution in [-0.4, -0.2) is 46.9 Å². The van der Waals surface area contributed by atoms with Gasteiger partial charge in [0, 0.05) is 13.1 Å². The number of ether oxygens (including phenoxy) is 1. The number of carbonyl (C=O) groups excluding carboxylic acids is 1. The molecule has 1 aliphatic rings. The van der Waals surface area contributed by atoms with Gasteiger partial charge in [-0.2, -0.15) is 0 Å². The predicted octanol–water partition coefficient (Wildman–Crippen LogP) is 0.543. The third kappa shape index (κ3) is 3.14. The number of rotatable bonds is 2. The number of hydrogen-bond donors (Lipinski definition) is 1. The number of carbonyl (C=O) groups is 1. The van der Waals surface area contributed by atoms with Gasteiger partial charge in [0.2, 0.25) is 9.70 Å². The van der Waals surface area contributed by atoms with Gasteiger partial charge in [0.05, 0.1) is 13.2 Å². The van der Waals surface area contributed by atoms with E-state index in [2.05, 4.69) is 0 Å². The second-order valence-corrected chi connectivity index (χ2v) is 5.36. The van der Waals surface area contributed by atoms with Gasteiger partial charge >= 0.3 is 0 Å². The Morgan fingerprint density at radius 2 is 1.86 bits per heavy atom. The largest absolute Gasteiger partial charge is 0.379 e. The van der Waals surface area contributed by atoms with Crippen LogP contribution in [0.1, 0.15) is 0 Å². The molecule has 1 saturated heterocycles. The molecule has 1 rings (SSSR count). The Morgan fingerprint density at radius 3 is 2.21 bits per heavy atom. The molecule has 0 aromatic carbocycles. The van der Waals surface area contributed by atoms with Crippen LogP contribution in [-0.2, 0) is 9.53 Å². The lowest BCUT2D eigenvalue weighted by Crippen LogP contribution is -2.55. The van der Waals surface area contributed by atoms with Gasteiger partial charge in [-0.3, -0.25) is 9.69 Å². The highest BCUT2D eigenvalue weighted by Gasteiger charge is 2.41. The molecule has 1 unspecified atom stereocenters. The molecule has 1 heterocycles. The Balaban J connectivity index is 2.71. The SMILES string of the molecule is NC(=O)C(N1CCOCC1)C(Cl)(Cl)Cl. The summed E-state index contributed by atoms with van der Waals surface area (Å²) in [7, 11) is 0. The molecular weight excluding hydrogens is 250 g/mol. The fourth-order valence-electron chi connectivity index (χ4n) is 1.38. The predicted molar refractivity (Wildman–Crippen MR) is 55.7 cm³/mol. The summed E-state index contributed by atoms with van der Waals surface area (Å²) in [6.07, 6.45) is 0. The molecule has 2 N–H and O–H groups in total. The molecular formula is C7H11Cl3N2O2. The van der Waals surface area contributed by atoms with Crippen LogP contribution in [0, 0.1) is 0 Å². The fraction of sp³-hybridized carbons (Fsp3) is 0.857. The number of primary amides is 1. The van der Waals surface area contributed by atoms with Gasteiger partial charge in [0.25, 0.3) is 0 Å². The number of nitrogens with two attached hydrogens (primary N) is 1. The average Bonchev–Trinajstić information content (AvgIpc) is 2.02. The summed E-state index contributed by atoms with van der Waals surface area (Å²) in [5, 5.41) is 0. The topological polar surface area (TPSA) is 55.6 Å². The van der Waals surface area contributed by atoms with E-state index in [9.17, 15) is 4.79 Å². The molecule has 0 radical (unpaired) electrons. The van der Waals surface area contributed by atoms with Gasteiger partial charge in [-0.05, 0) is 0 Å². The summed E-state index contributed by atoms with van der Waals surface area (Å²) in [6.45, 7) is 2.12. The Hall–Kier alpha value is 0.260. The molecule has 0 aromatic heterocycles. The van der Waals surface area contributed by atoms with Gasteiger partial charge < -0.3 is 10.5 Å². The summed E-state index contributed by atoms with van der Waals surface area (Å²) in [5.74, 6) is -0.632. The van der Waals surface area contributed by atoms with Crippen molar-refractivity contribution in [1.29, 1.82) is 0 Å². The maximum Gasteiger partial charge on any atom is 0.239 e. The van der Waals surface area contributed by atoms with Crippen LogP contribution in [0.5, 0.6) is 0 Å². The molecule has 1 amide bonds. The molecule has 0 bridgehead atoms. The summed E-state index contributed by atoms with van der Waals surface area (Å²) in [5.41, 5.74) is 5.18. The van der Waals surface area contributed by atoms with E-state index in [4.69, 9.17) is 45.3 Å². The minimum atomic E-state index is -1.69. The lowest BCUT2D eigenvalue weighted by molar-refractivity contribution is -0.124. The second kappa shape index (κ2) is 4.86. The van der Waals surface area contributed by atoms with E-state index < -0.39 is 15.7 Å².